The minimum atomic E-state index is -0.651. The van der Waals surface area contributed by atoms with Crippen molar-refractivity contribution in [1.82, 2.24) is 10.2 Å². The Bertz CT molecular complexity index is 1030. The van der Waals surface area contributed by atoms with Gasteiger partial charge in [-0.1, -0.05) is 23.8 Å². The van der Waals surface area contributed by atoms with Gasteiger partial charge >= 0.3 is 6.03 Å². The number of nitrogens with zero attached hydrogens (tertiary/aromatic N) is 1. The van der Waals surface area contributed by atoms with Crippen molar-refractivity contribution in [3.05, 3.63) is 59.3 Å². The first-order valence-electron chi connectivity index (χ1n) is 9.82. The van der Waals surface area contributed by atoms with Gasteiger partial charge in [0.25, 0.3) is 5.91 Å². The van der Waals surface area contributed by atoms with E-state index in [0.29, 0.717) is 22.7 Å². The lowest BCUT2D eigenvalue weighted by Gasteiger charge is -2.14. The molecular weight excluding hydrogens is 398 g/mol. The summed E-state index contributed by atoms with van der Waals surface area (Å²) >= 11 is 0. The number of methoxy groups -OCH3 is 1. The average Bonchev–Trinajstić information content (AvgIpc) is 2.97. The number of urea groups is 1. The van der Waals surface area contributed by atoms with Crippen LogP contribution >= 0.6 is 0 Å². The highest BCUT2D eigenvalue weighted by atomic mass is 16.5. The number of hydrogen-bond donors (Lipinski definition) is 2. The Labute approximate surface area is 180 Å². The maximum Gasteiger partial charge on any atom is 0.329 e. The predicted molar refractivity (Wildman–Crippen MR) is 117 cm³/mol. The summed E-state index contributed by atoms with van der Waals surface area (Å²) in [5.41, 5.74) is 2.37. The van der Waals surface area contributed by atoms with Crippen LogP contribution in [0.4, 0.5) is 10.5 Å². The van der Waals surface area contributed by atoms with E-state index >= 15 is 0 Å². The highest BCUT2D eigenvalue weighted by Gasteiger charge is 2.35. The van der Waals surface area contributed by atoms with Gasteiger partial charge in [-0.25, -0.2) is 9.69 Å². The van der Waals surface area contributed by atoms with E-state index in [0.717, 1.165) is 10.5 Å². The summed E-state index contributed by atoms with van der Waals surface area (Å²) < 4.78 is 11.0. The summed E-state index contributed by atoms with van der Waals surface area (Å²) in [5.74, 6) is 0.0426. The zero-order valence-electron chi connectivity index (χ0n) is 17.9. The number of carbonyl (C=O) groups is 3. The van der Waals surface area contributed by atoms with Crippen LogP contribution in [0.3, 0.4) is 0 Å². The standard InChI is InChI=1S/C23H25N3O5/c1-14(2)31-19-10-7-16(12-20(19)30-4)11-18-22(28)26(23(29)25-18)13-21(27)24-17-8-5-15(3)6-9-17/h5-12,14H,13H2,1-4H3,(H,24,27)(H,25,29)/b18-11-. The Balaban J connectivity index is 1.71. The van der Waals surface area contributed by atoms with E-state index in [-0.39, 0.29) is 18.3 Å². The quantitative estimate of drug-likeness (QED) is 0.526. The second-order valence-electron chi connectivity index (χ2n) is 7.37. The largest absolute Gasteiger partial charge is 0.493 e. The molecular formula is C23H25N3O5. The van der Waals surface area contributed by atoms with Crippen molar-refractivity contribution < 1.29 is 23.9 Å². The number of amides is 4. The Morgan fingerprint density at radius 2 is 1.84 bits per heavy atom. The van der Waals surface area contributed by atoms with Crippen LogP contribution in [0, 0.1) is 6.92 Å². The third-order valence-electron chi connectivity index (χ3n) is 4.46. The monoisotopic (exact) mass is 423 g/mol. The summed E-state index contributed by atoms with van der Waals surface area (Å²) in [6.45, 7) is 5.37. The highest BCUT2D eigenvalue weighted by molar-refractivity contribution is 6.15. The lowest BCUT2D eigenvalue weighted by Crippen LogP contribution is -2.38. The van der Waals surface area contributed by atoms with Crippen molar-refractivity contribution >= 4 is 29.6 Å². The molecule has 1 aliphatic rings. The minimum Gasteiger partial charge on any atom is -0.493 e. The molecule has 31 heavy (non-hydrogen) atoms. The second-order valence-corrected chi connectivity index (χ2v) is 7.37. The molecule has 0 radical (unpaired) electrons. The Hall–Kier alpha value is -3.81. The van der Waals surface area contributed by atoms with E-state index in [9.17, 15) is 14.4 Å². The van der Waals surface area contributed by atoms with E-state index in [1.165, 1.54) is 13.2 Å². The van der Waals surface area contributed by atoms with Crippen LogP contribution in [0.2, 0.25) is 0 Å². The predicted octanol–water partition coefficient (Wildman–Crippen LogP) is 3.32. The fourth-order valence-corrected chi connectivity index (χ4v) is 2.99. The number of aryl methyl sites for hydroxylation is 1. The first-order chi connectivity index (χ1) is 14.8. The number of nitrogens with one attached hydrogen (secondary N) is 2. The Kier molecular flexibility index (Phi) is 6.59. The van der Waals surface area contributed by atoms with Crippen molar-refractivity contribution in [2.75, 3.05) is 19.0 Å². The van der Waals surface area contributed by atoms with Crippen LogP contribution in [0.25, 0.3) is 6.08 Å². The molecule has 1 heterocycles. The normalized spacial score (nSPS) is 14.7. The van der Waals surface area contributed by atoms with Gasteiger partial charge in [0.1, 0.15) is 12.2 Å². The van der Waals surface area contributed by atoms with Gasteiger partial charge in [0.15, 0.2) is 11.5 Å². The smallest absolute Gasteiger partial charge is 0.329 e. The lowest BCUT2D eigenvalue weighted by atomic mass is 10.1. The van der Waals surface area contributed by atoms with Crippen LogP contribution in [0.1, 0.15) is 25.0 Å². The van der Waals surface area contributed by atoms with Crippen LogP contribution in [-0.2, 0) is 9.59 Å². The molecule has 0 saturated carbocycles. The van der Waals surface area contributed by atoms with Gasteiger partial charge in [-0.3, -0.25) is 9.59 Å². The minimum absolute atomic E-state index is 0.0200. The molecule has 0 aliphatic carbocycles. The molecule has 1 aliphatic heterocycles. The number of hydrogen-bond acceptors (Lipinski definition) is 5. The maximum absolute atomic E-state index is 12.7. The molecule has 0 atom stereocenters. The van der Waals surface area contributed by atoms with Gasteiger partial charge in [0, 0.05) is 5.69 Å². The average molecular weight is 423 g/mol. The Morgan fingerprint density at radius 1 is 1.13 bits per heavy atom. The topological polar surface area (TPSA) is 97.0 Å². The number of imide groups is 1. The summed E-state index contributed by atoms with van der Waals surface area (Å²) in [6, 6.07) is 11.8. The highest BCUT2D eigenvalue weighted by Crippen LogP contribution is 2.30. The molecule has 162 valence electrons. The molecule has 2 aromatic carbocycles. The van der Waals surface area contributed by atoms with Gasteiger partial charge in [-0.2, -0.15) is 0 Å². The first-order valence-corrected chi connectivity index (χ1v) is 9.82. The summed E-state index contributed by atoms with van der Waals surface area (Å²) in [6.07, 6.45) is 1.51. The molecule has 8 nitrogen and oxygen atoms in total. The van der Waals surface area contributed by atoms with Gasteiger partial charge in [0.05, 0.1) is 13.2 Å². The summed E-state index contributed by atoms with van der Waals surface area (Å²) in [5, 5.41) is 5.19. The van der Waals surface area contributed by atoms with E-state index in [1.807, 2.05) is 32.9 Å². The van der Waals surface area contributed by atoms with E-state index < -0.39 is 17.8 Å². The van der Waals surface area contributed by atoms with Crippen LogP contribution in [0.15, 0.2) is 48.2 Å². The summed E-state index contributed by atoms with van der Waals surface area (Å²) in [7, 11) is 1.52. The van der Waals surface area contributed by atoms with Crippen molar-refractivity contribution in [2.45, 2.75) is 26.9 Å². The fourth-order valence-electron chi connectivity index (χ4n) is 2.99. The first kappa shape index (κ1) is 21.9. The molecule has 1 fully saturated rings. The molecule has 8 heteroatoms. The third-order valence-corrected chi connectivity index (χ3v) is 4.46. The van der Waals surface area contributed by atoms with Gasteiger partial charge in [0.2, 0.25) is 5.91 Å². The van der Waals surface area contributed by atoms with Gasteiger partial charge in [-0.05, 0) is 56.7 Å². The zero-order chi connectivity index (χ0) is 22.5. The van der Waals surface area contributed by atoms with Crippen LogP contribution < -0.4 is 20.1 Å². The van der Waals surface area contributed by atoms with E-state index in [2.05, 4.69) is 10.6 Å². The van der Waals surface area contributed by atoms with E-state index in [1.54, 1.807) is 30.3 Å². The zero-order valence-corrected chi connectivity index (χ0v) is 17.9. The number of carbonyl (C=O) groups excluding carboxylic acids is 3. The number of rotatable bonds is 7. The van der Waals surface area contributed by atoms with Crippen LogP contribution in [-0.4, -0.2) is 42.5 Å². The molecule has 3 rings (SSSR count). The molecule has 2 N–H and O–H groups in total. The van der Waals surface area contributed by atoms with Crippen LogP contribution in [0.5, 0.6) is 11.5 Å². The maximum atomic E-state index is 12.7. The summed E-state index contributed by atoms with van der Waals surface area (Å²) in [4.78, 5) is 38.1. The van der Waals surface area contributed by atoms with Crippen molar-refractivity contribution in [3.8, 4) is 11.5 Å². The molecule has 2 aromatic rings. The number of benzene rings is 2. The number of anilines is 1. The Morgan fingerprint density at radius 3 is 2.48 bits per heavy atom. The SMILES string of the molecule is COc1cc(/C=C2\NC(=O)N(CC(=O)Nc3ccc(C)cc3)C2=O)ccc1OC(C)C. The third kappa shape index (κ3) is 5.42. The fraction of sp³-hybridized carbons (Fsp3) is 0.261. The van der Waals surface area contributed by atoms with Crippen molar-refractivity contribution in [3.63, 3.8) is 0 Å². The lowest BCUT2D eigenvalue weighted by molar-refractivity contribution is -0.127. The molecule has 0 spiro atoms. The molecule has 4 amide bonds. The van der Waals surface area contributed by atoms with Gasteiger partial charge in [-0.15, -0.1) is 0 Å². The molecule has 1 saturated heterocycles. The van der Waals surface area contributed by atoms with Crippen molar-refractivity contribution in [2.24, 2.45) is 0 Å². The molecule has 0 bridgehead atoms. The van der Waals surface area contributed by atoms with E-state index in [4.69, 9.17) is 9.47 Å². The van der Waals surface area contributed by atoms with Gasteiger partial charge < -0.3 is 20.1 Å². The van der Waals surface area contributed by atoms with Crippen molar-refractivity contribution in [1.29, 1.82) is 0 Å². The number of ether oxygens (including phenoxy) is 2. The molecule has 0 aromatic heterocycles. The molecule has 0 unspecified atom stereocenters. The second kappa shape index (κ2) is 9.34.